The standard InChI is InChI=1S/C40H28N2/c1-2-10-28(11-3-1)29-18-22-33(23-19-29)41-34-24-20-30(21-25-34)35-14-6-8-16-38(35)42-39-17-9-7-15-36(39)37-26-31-12-4-5-13-32(31)27-40(37)42/h1-27,41H. The van der Waals surface area contributed by atoms with Gasteiger partial charge in [0.2, 0.25) is 0 Å². The number of rotatable bonds is 5. The van der Waals surface area contributed by atoms with Crippen LogP contribution in [0.5, 0.6) is 0 Å². The molecule has 42 heavy (non-hydrogen) atoms. The predicted octanol–water partition coefficient (Wildman–Crippen LogP) is 11.0. The normalized spacial score (nSPS) is 11.3. The molecule has 0 saturated heterocycles. The van der Waals surface area contributed by atoms with Crippen molar-refractivity contribution in [3.8, 4) is 27.9 Å². The van der Waals surface area contributed by atoms with Crippen LogP contribution >= 0.6 is 0 Å². The smallest absolute Gasteiger partial charge is 0.0547 e. The van der Waals surface area contributed by atoms with E-state index in [2.05, 4.69) is 168 Å². The summed E-state index contributed by atoms with van der Waals surface area (Å²) in [5.74, 6) is 0. The zero-order valence-electron chi connectivity index (χ0n) is 23.0. The lowest BCUT2D eigenvalue weighted by Gasteiger charge is -2.15. The summed E-state index contributed by atoms with van der Waals surface area (Å²) in [6.45, 7) is 0. The summed E-state index contributed by atoms with van der Waals surface area (Å²) in [7, 11) is 0. The summed E-state index contributed by atoms with van der Waals surface area (Å²) < 4.78 is 2.42. The monoisotopic (exact) mass is 536 g/mol. The van der Waals surface area contributed by atoms with Crippen LogP contribution in [0.4, 0.5) is 11.4 Å². The molecule has 0 spiro atoms. The molecule has 0 atom stereocenters. The molecule has 0 amide bonds. The molecule has 2 heteroatoms. The minimum Gasteiger partial charge on any atom is -0.356 e. The first kappa shape index (κ1) is 24.2. The summed E-state index contributed by atoms with van der Waals surface area (Å²) in [5, 5.41) is 8.62. The molecule has 8 aromatic rings. The molecule has 1 aromatic heterocycles. The molecule has 0 saturated carbocycles. The third-order valence-corrected chi connectivity index (χ3v) is 8.16. The number of hydrogen-bond acceptors (Lipinski definition) is 1. The number of anilines is 2. The third kappa shape index (κ3) is 4.22. The van der Waals surface area contributed by atoms with Gasteiger partial charge in [-0.05, 0) is 76.0 Å². The van der Waals surface area contributed by atoms with Gasteiger partial charge in [0.15, 0.2) is 0 Å². The fraction of sp³-hybridized carbons (Fsp3) is 0. The van der Waals surface area contributed by atoms with Gasteiger partial charge in [-0.3, -0.25) is 0 Å². The van der Waals surface area contributed by atoms with Crippen LogP contribution in [0.2, 0.25) is 0 Å². The van der Waals surface area contributed by atoms with Crippen LogP contribution in [0.3, 0.4) is 0 Å². The van der Waals surface area contributed by atoms with Gasteiger partial charge in [0, 0.05) is 27.7 Å². The first-order chi connectivity index (χ1) is 20.8. The van der Waals surface area contributed by atoms with Crippen LogP contribution in [0.15, 0.2) is 164 Å². The SMILES string of the molecule is c1ccc(-c2ccc(Nc3ccc(-c4ccccc4-n4c5ccccc5c5cc6ccccc6cc54)cc3)cc2)cc1. The molecule has 0 aliphatic carbocycles. The Bertz CT molecular complexity index is 2190. The van der Waals surface area contributed by atoms with Crippen molar-refractivity contribution in [2.24, 2.45) is 0 Å². The van der Waals surface area contributed by atoms with Gasteiger partial charge in [-0.1, -0.05) is 115 Å². The van der Waals surface area contributed by atoms with Crippen molar-refractivity contribution >= 4 is 44.0 Å². The Hall–Kier alpha value is -5.60. The molecule has 198 valence electrons. The highest BCUT2D eigenvalue weighted by molar-refractivity contribution is 6.14. The molecule has 0 aliphatic heterocycles. The number of nitrogens with zero attached hydrogens (tertiary/aromatic N) is 1. The fourth-order valence-corrected chi connectivity index (χ4v) is 6.10. The van der Waals surface area contributed by atoms with E-state index in [1.807, 2.05) is 6.07 Å². The summed E-state index contributed by atoms with van der Waals surface area (Å²) in [6, 6.07) is 58.6. The highest BCUT2D eigenvalue weighted by Gasteiger charge is 2.16. The van der Waals surface area contributed by atoms with Crippen molar-refractivity contribution in [2.45, 2.75) is 0 Å². The Morgan fingerprint density at radius 3 is 1.71 bits per heavy atom. The molecule has 1 N–H and O–H groups in total. The van der Waals surface area contributed by atoms with E-state index in [-0.39, 0.29) is 0 Å². The third-order valence-electron chi connectivity index (χ3n) is 8.16. The molecule has 0 aliphatic rings. The summed E-state index contributed by atoms with van der Waals surface area (Å²) in [6.07, 6.45) is 0. The fourth-order valence-electron chi connectivity index (χ4n) is 6.10. The molecular weight excluding hydrogens is 508 g/mol. The van der Waals surface area contributed by atoms with Crippen LogP contribution in [0.1, 0.15) is 0 Å². The van der Waals surface area contributed by atoms with Crippen molar-refractivity contribution in [2.75, 3.05) is 5.32 Å². The van der Waals surface area contributed by atoms with Crippen molar-refractivity contribution in [1.29, 1.82) is 0 Å². The van der Waals surface area contributed by atoms with Crippen molar-refractivity contribution in [3.05, 3.63) is 164 Å². The minimum atomic E-state index is 1.06. The summed E-state index contributed by atoms with van der Waals surface area (Å²) in [5.41, 5.74) is 10.6. The predicted molar refractivity (Wildman–Crippen MR) is 179 cm³/mol. The van der Waals surface area contributed by atoms with Gasteiger partial charge in [-0.15, -0.1) is 0 Å². The average Bonchev–Trinajstić information content (AvgIpc) is 3.38. The van der Waals surface area contributed by atoms with E-state index in [4.69, 9.17) is 0 Å². The zero-order valence-corrected chi connectivity index (χ0v) is 23.0. The Morgan fingerprint density at radius 2 is 0.952 bits per heavy atom. The Kier molecular flexibility index (Phi) is 5.82. The summed E-state index contributed by atoms with van der Waals surface area (Å²) >= 11 is 0. The maximum Gasteiger partial charge on any atom is 0.0547 e. The van der Waals surface area contributed by atoms with Crippen LogP contribution in [0.25, 0.3) is 60.5 Å². The van der Waals surface area contributed by atoms with E-state index >= 15 is 0 Å². The van der Waals surface area contributed by atoms with E-state index in [0.717, 1.165) is 11.4 Å². The quantitative estimate of drug-likeness (QED) is 0.231. The number of benzene rings is 7. The Balaban J connectivity index is 1.17. The zero-order chi connectivity index (χ0) is 27.9. The molecule has 0 fully saturated rings. The molecule has 0 radical (unpaired) electrons. The minimum absolute atomic E-state index is 1.06. The lowest BCUT2D eigenvalue weighted by molar-refractivity contribution is 1.18. The van der Waals surface area contributed by atoms with Gasteiger partial charge in [0.1, 0.15) is 0 Å². The highest BCUT2D eigenvalue weighted by atomic mass is 15.0. The van der Waals surface area contributed by atoms with Crippen LogP contribution < -0.4 is 5.32 Å². The topological polar surface area (TPSA) is 17.0 Å². The van der Waals surface area contributed by atoms with Crippen molar-refractivity contribution in [1.82, 2.24) is 4.57 Å². The number of aromatic nitrogens is 1. The maximum atomic E-state index is 3.56. The van der Waals surface area contributed by atoms with Crippen LogP contribution in [-0.2, 0) is 0 Å². The van der Waals surface area contributed by atoms with E-state index in [0.29, 0.717) is 0 Å². The van der Waals surface area contributed by atoms with Gasteiger partial charge in [-0.2, -0.15) is 0 Å². The first-order valence-electron chi connectivity index (χ1n) is 14.4. The van der Waals surface area contributed by atoms with Crippen molar-refractivity contribution < 1.29 is 0 Å². The first-order valence-corrected chi connectivity index (χ1v) is 14.4. The number of nitrogens with one attached hydrogen (secondary N) is 1. The number of fused-ring (bicyclic) bond motifs is 4. The second kappa shape index (κ2) is 10.1. The number of hydrogen-bond donors (Lipinski definition) is 1. The molecule has 8 rings (SSSR count). The largest absolute Gasteiger partial charge is 0.356 e. The van der Waals surface area contributed by atoms with Crippen molar-refractivity contribution in [3.63, 3.8) is 0 Å². The van der Waals surface area contributed by atoms with Crippen LogP contribution in [-0.4, -0.2) is 4.57 Å². The van der Waals surface area contributed by atoms with Gasteiger partial charge >= 0.3 is 0 Å². The molecule has 1 heterocycles. The second-order valence-corrected chi connectivity index (χ2v) is 10.7. The maximum absolute atomic E-state index is 3.56. The second-order valence-electron chi connectivity index (χ2n) is 10.7. The highest BCUT2D eigenvalue weighted by Crippen LogP contribution is 2.38. The van der Waals surface area contributed by atoms with E-state index in [1.165, 1.54) is 60.5 Å². The lowest BCUT2D eigenvalue weighted by Crippen LogP contribution is -1.97. The molecule has 7 aromatic carbocycles. The van der Waals surface area contributed by atoms with Gasteiger partial charge in [-0.25, -0.2) is 0 Å². The summed E-state index contributed by atoms with van der Waals surface area (Å²) in [4.78, 5) is 0. The Morgan fingerprint density at radius 1 is 0.381 bits per heavy atom. The molecule has 2 nitrogen and oxygen atoms in total. The lowest BCUT2D eigenvalue weighted by atomic mass is 10.0. The molecule has 0 bridgehead atoms. The van der Waals surface area contributed by atoms with E-state index in [9.17, 15) is 0 Å². The van der Waals surface area contributed by atoms with Gasteiger partial charge in [0.25, 0.3) is 0 Å². The van der Waals surface area contributed by atoms with E-state index in [1.54, 1.807) is 0 Å². The van der Waals surface area contributed by atoms with E-state index < -0.39 is 0 Å². The average molecular weight is 537 g/mol. The van der Waals surface area contributed by atoms with Gasteiger partial charge in [0.05, 0.1) is 16.7 Å². The molecule has 0 unspecified atom stereocenters. The molecular formula is C40H28N2. The Labute approximate surface area is 245 Å². The van der Waals surface area contributed by atoms with Crippen LogP contribution in [0, 0.1) is 0 Å². The van der Waals surface area contributed by atoms with Gasteiger partial charge < -0.3 is 9.88 Å². The number of para-hydroxylation sites is 2.